The quantitative estimate of drug-likeness (QED) is 0.232. The van der Waals surface area contributed by atoms with E-state index in [1.54, 1.807) is 31.7 Å². The summed E-state index contributed by atoms with van der Waals surface area (Å²) in [7, 11) is 3.10. The Bertz CT molecular complexity index is 896. The Morgan fingerprint density at radius 2 is 2.06 bits per heavy atom. The minimum absolute atomic E-state index is 0.0521. The average molecular weight is 444 g/mol. The van der Waals surface area contributed by atoms with Crippen LogP contribution in [0.4, 0.5) is 0 Å². The number of nitrogens with two attached hydrogens (primary N) is 1. The van der Waals surface area contributed by atoms with Gasteiger partial charge in [-0.05, 0) is 43.4 Å². The summed E-state index contributed by atoms with van der Waals surface area (Å²) in [6.45, 7) is 0.781. The van der Waals surface area contributed by atoms with Crippen LogP contribution in [0.1, 0.15) is 44.1 Å². The van der Waals surface area contributed by atoms with Gasteiger partial charge in [-0.1, -0.05) is 6.07 Å². The van der Waals surface area contributed by atoms with Crippen molar-refractivity contribution < 1.29 is 19.4 Å². The molecular weight excluding hydrogens is 410 g/mol. The minimum atomic E-state index is -0.0841. The third-order valence-electron chi connectivity index (χ3n) is 5.23. The second-order valence-corrected chi connectivity index (χ2v) is 7.69. The summed E-state index contributed by atoms with van der Waals surface area (Å²) >= 11 is 0. The monoisotopic (exact) mass is 443 g/mol. The second kappa shape index (κ2) is 13.1. The zero-order valence-corrected chi connectivity index (χ0v) is 18.8. The number of guanidine groups is 1. The molecule has 0 saturated heterocycles. The van der Waals surface area contributed by atoms with Gasteiger partial charge in [0.15, 0.2) is 17.5 Å². The maximum Gasteiger partial charge on any atom is 0.188 e. The highest BCUT2D eigenvalue weighted by atomic mass is 16.5. The van der Waals surface area contributed by atoms with Gasteiger partial charge in [-0.3, -0.25) is 14.6 Å². The first-order chi connectivity index (χ1) is 15.4. The van der Waals surface area contributed by atoms with E-state index in [4.69, 9.17) is 10.5 Å². The van der Waals surface area contributed by atoms with Gasteiger partial charge in [-0.15, -0.1) is 0 Å². The lowest BCUT2D eigenvalue weighted by Gasteiger charge is -2.19. The molecule has 1 heterocycles. The number of hydrogen-bond donors (Lipinski definition) is 3. The number of benzene rings is 1. The predicted molar refractivity (Wildman–Crippen MR) is 123 cm³/mol. The Morgan fingerprint density at radius 3 is 2.75 bits per heavy atom. The van der Waals surface area contributed by atoms with Crippen molar-refractivity contribution in [3.63, 3.8) is 0 Å². The largest absolute Gasteiger partial charge is 0.504 e. The van der Waals surface area contributed by atoms with Gasteiger partial charge in [-0.2, -0.15) is 0 Å². The van der Waals surface area contributed by atoms with Crippen molar-refractivity contribution in [3.05, 3.63) is 42.5 Å². The minimum Gasteiger partial charge on any atom is -0.504 e. The number of nitrogens with zero attached hydrogens (tertiary/aromatic N) is 3. The van der Waals surface area contributed by atoms with Crippen LogP contribution in [0.15, 0.2) is 41.9 Å². The Labute approximate surface area is 188 Å². The van der Waals surface area contributed by atoms with Crippen LogP contribution in [0.2, 0.25) is 0 Å². The average Bonchev–Trinajstić information content (AvgIpc) is 3.30. The van der Waals surface area contributed by atoms with E-state index in [2.05, 4.69) is 15.3 Å². The van der Waals surface area contributed by atoms with Crippen LogP contribution >= 0.6 is 0 Å². The number of aryl methyl sites for hydroxylation is 2. The Kier molecular flexibility index (Phi) is 10.2. The first kappa shape index (κ1) is 24.9. The number of phenols is 1. The van der Waals surface area contributed by atoms with Crippen LogP contribution in [0.25, 0.3) is 0 Å². The maximum atomic E-state index is 12.3. The number of carbonyl (C=O) groups excluding carboxylic acids is 2. The highest BCUT2D eigenvalue weighted by molar-refractivity contribution is 5.99. The fourth-order valence-corrected chi connectivity index (χ4v) is 3.39. The van der Waals surface area contributed by atoms with Crippen molar-refractivity contribution in [2.45, 2.75) is 57.5 Å². The van der Waals surface area contributed by atoms with E-state index in [9.17, 15) is 14.7 Å². The molecule has 1 atom stereocenters. The smallest absolute Gasteiger partial charge is 0.188 e. The molecule has 0 saturated carbocycles. The molecule has 0 aliphatic heterocycles. The van der Waals surface area contributed by atoms with Crippen LogP contribution in [0.3, 0.4) is 0 Å². The summed E-state index contributed by atoms with van der Waals surface area (Å²) in [6, 6.07) is 5.06. The first-order valence-electron chi connectivity index (χ1n) is 10.7. The molecule has 174 valence electrons. The number of aromatic nitrogens is 2. The van der Waals surface area contributed by atoms with Gasteiger partial charge in [0.05, 0.1) is 19.9 Å². The van der Waals surface area contributed by atoms with E-state index in [-0.39, 0.29) is 36.2 Å². The molecule has 4 N–H and O–H groups in total. The SMILES string of the molecule is CN=C(N)N[C@H](CCCC(=O)CC(=O)CCc1ccc(O)c(OC)c1)CCn1ccnc1. The zero-order valence-electron chi connectivity index (χ0n) is 18.8. The van der Waals surface area contributed by atoms with Gasteiger partial charge >= 0.3 is 0 Å². The molecule has 9 heteroatoms. The number of nitrogens with one attached hydrogen (secondary N) is 1. The van der Waals surface area contributed by atoms with Crippen molar-refractivity contribution in [1.82, 2.24) is 14.9 Å². The van der Waals surface area contributed by atoms with E-state index >= 15 is 0 Å². The van der Waals surface area contributed by atoms with Crippen LogP contribution in [-0.4, -0.2) is 52.4 Å². The van der Waals surface area contributed by atoms with Crippen molar-refractivity contribution in [2.24, 2.45) is 10.7 Å². The second-order valence-electron chi connectivity index (χ2n) is 7.69. The lowest BCUT2D eigenvalue weighted by Crippen LogP contribution is -2.40. The van der Waals surface area contributed by atoms with E-state index < -0.39 is 0 Å². The van der Waals surface area contributed by atoms with Crippen molar-refractivity contribution >= 4 is 17.5 Å². The molecule has 9 nitrogen and oxygen atoms in total. The predicted octanol–water partition coefficient (Wildman–Crippen LogP) is 2.22. The molecule has 0 aliphatic rings. The number of aliphatic imine (C=N–C) groups is 1. The molecule has 0 aliphatic carbocycles. The number of hydrogen-bond acceptors (Lipinski definition) is 6. The molecule has 0 bridgehead atoms. The number of ether oxygens (including phenoxy) is 1. The topological polar surface area (TPSA) is 132 Å². The summed E-state index contributed by atoms with van der Waals surface area (Å²) in [4.78, 5) is 32.5. The number of phenolic OH excluding ortho intramolecular Hbond substituents is 1. The normalized spacial score (nSPS) is 12.4. The van der Waals surface area contributed by atoms with E-state index in [0.29, 0.717) is 31.0 Å². The molecule has 0 spiro atoms. The van der Waals surface area contributed by atoms with Crippen LogP contribution in [0.5, 0.6) is 11.5 Å². The molecule has 32 heavy (non-hydrogen) atoms. The first-order valence-corrected chi connectivity index (χ1v) is 10.7. The molecule has 1 aromatic carbocycles. The summed E-state index contributed by atoms with van der Waals surface area (Å²) in [6.07, 6.45) is 8.70. The third-order valence-corrected chi connectivity index (χ3v) is 5.23. The number of imidazole rings is 1. The number of aromatic hydroxyl groups is 1. The summed E-state index contributed by atoms with van der Waals surface area (Å²) in [5.41, 5.74) is 6.69. The molecule has 0 amide bonds. The van der Waals surface area contributed by atoms with Crippen LogP contribution in [-0.2, 0) is 22.6 Å². The molecule has 0 fully saturated rings. The zero-order chi connectivity index (χ0) is 23.3. The molecular formula is C23H33N5O4. The number of rotatable bonds is 14. The Morgan fingerprint density at radius 1 is 1.28 bits per heavy atom. The molecule has 0 radical (unpaired) electrons. The lowest BCUT2D eigenvalue weighted by molar-refractivity contribution is -0.127. The summed E-state index contributed by atoms with van der Waals surface area (Å²) in [5, 5.41) is 12.8. The molecule has 2 rings (SSSR count). The highest BCUT2D eigenvalue weighted by Gasteiger charge is 2.14. The van der Waals surface area contributed by atoms with Gasteiger partial charge in [0.2, 0.25) is 0 Å². The Hall–Kier alpha value is -3.36. The lowest BCUT2D eigenvalue weighted by atomic mass is 10.0. The van der Waals surface area contributed by atoms with Crippen molar-refractivity contribution in [2.75, 3.05) is 14.2 Å². The van der Waals surface area contributed by atoms with Crippen molar-refractivity contribution in [3.8, 4) is 11.5 Å². The van der Waals surface area contributed by atoms with Crippen molar-refractivity contribution in [1.29, 1.82) is 0 Å². The number of ketones is 2. The number of Topliss-reactive ketones (excluding diaryl/α,β-unsaturated/α-hetero) is 2. The van der Waals surface area contributed by atoms with E-state index in [1.165, 1.54) is 13.2 Å². The molecule has 1 aromatic heterocycles. The number of carbonyl (C=O) groups is 2. The van der Waals surface area contributed by atoms with Gasteiger partial charge < -0.3 is 25.5 Å². The fourth-order valence-electron chi connectivity index (χ4n) is 3.39. The molecule has 0 unspecified atom stereocenters. The Balaban J connectivity index is 1.72. The highest BCUT2D eigenvalue weighted by Crippen LogP contribution is 2.26. The fraction of sp³-hybridized carbons (Fsp3) is 0.478. The summed E-state index contributed by atoms with van der Waals surface area (Å²) in [5.74, 6) is 0.662. The van der Waals surface area contributed by atoms with E-state index in [1.807, 2.05) is 10.8 Å². The maximum absolute atomic E-state index is 12.3. The standard InChI is InChI=1S/C23H33N5O4/c1-25-23(24)27-18(10-12-28-13-11-26-16-28)4-3-5-19(29)15-20(30)8-6-17-7-9-21(31)22(14-17)32-2/h7,9,11,13-14,16,18,31H,3-6,8,10,12,15H2,1-2H3,(H3,24,25,27)/t18-/m1/s1. The van der Waals surface area contributed by atoms with Gasteiger partial charge in [0, 0.05) is 44.9 Å². The number of methoxy groups -OCH3 is 1. The molecule has 2 aromatic rings. The van der Waals surface area contributed by atoms with Gasteiger partial charge in [-0.25, -0.2) is 4.98 Å². The van der Waals surface area contributed by atoms with Gasteiger partial charge in [0.25, 0.3) is 0 Å². The van der Waals surface area contributed by atoms with Gasteiger partial charge in [0.1, 0.15) is 11.6 Å². The third kappa shape index (κ3) is 8.79. The van der Waals surface area contributed by atoms with Crippen LogP contribution in [0, 0.1) is 0 Å². The van der Waals surface area contributed by atoms with Crippen LogP contribution < -0.4 is 15.8 Å². The summed E-state index contributed by atoms with van der Waals surface area (Å²) < 4.78 is 7.06. The van der Waals surface area contributed by atoms with E-state index in [0.717, 1.165) is 24.9 Å².